The van der Waals surface area contributed by atoms with Gasteiger partial charge in [-0.05, 0) is 64.7 Å². The second kappa shape index (κ2) is 9.26. The van der Waals surface area contributed by atoms with Gasteiger partial charge in [0.1, 0.15) is 5.69 Å². The largest absolute Gasteiger partial charge is 0.367 e. The van der Waals surface area contributed by atoms with Gasteiger partial charge < -0.3 is 14.5 Å². The van der Waals surface area contributed by atoms with Crippen molar-refractivity contribution in [1.29, 1.82) is 0 Å². The first-order valence-corrected chi connectivity index (χ1v) is 11.9. The van der Waals surface area contributed by atoms with Crippen molar-refractivity contribution in [1.82, 2.24) is 14.8 Å². The number of likely N-dealkylation sites (tertiary alicyclic amines) is 1. The van der Waals surface area contributed by atoms with Crippen molar-refractivity contribution in [2.24, 2.45) is 5.92 Å². The lowest BCUT2D eigenvalue weighted by atomic mass is 9.89. The molecule has 1 aromatic heterocycles. The molecule has 2 saturated heterocycles. The van der Waals surface area contributed by atoms with Crippen LogP contribution in [0.1, 0.15) is 63.0 Å². The minimum absolute atomic E-state index is 0.00612. The highest BCUT2D eigenvalue weighted by Crippen LogP contribution is 2.41. The fraction of sp³-hybridized carbons (Fsp3) is 0.519. The third-order valence-corrected chi connectivity index (χ3v) is 6.90. The fourth-order valence-corrected chi connectivity index (χ4v) is 5.36. The van der Waals surface area contributed by atoms with Gasteiger partial charge in [0.15, 0.2) is 0 Å². The van der Waals surface area contributed by atoms with Crippen LogP contribution in [0.5, 0.6) is 0 Å². The maximum absolute atomic E-state index is 13.9. The molecule has 2 aliphatic heterocycles. The normalized spacial score (nSPS) is 22.2. The van der Waals surface area contributed by atoms with Crippen LogP contribution in [0.25, 0.3) is 0 Å². The zero-order valence-corrected chi connectivity index (χ0v) is 20.2. The Labute approximate surface area is 196 Å². The summed E-state index contributed by atoms with van der Waals surface area (Å²) in [6, 6.07) is 15.5. The van der Waals surface area contributed by atoms with Gasteiger partial charge in [0.05, 0.1) is 17.2 Å². The van der Waals surface area contributed by atoms with Crippen LogP contribution in [-0.2, 0) is 16.1 Å². The number of hydrogen-bond acceptors (Lipinski definition) is 4. The molecule has 3 heterocycles. The second-order valence-electron chi connectivity index (χ2n) is 10.4. The molecule has 0 bridgehead atoms. The summed E-state index contributed by atoms with van der Waals surface area (Å²) in [6.45, 7) is 10.1. The van der Waals surface area contributed by atoms with Crippen LogP contribution in [0, 0.1) is 5.92 Å². The van der Waals surface area contributed by atoms with Gasteiger partial charge in [-0.1, -0.05) is 36.4 Å². The van der Waals surface area contributed by atoms with Crippen LogP contribution in [0.15, 0.2) is 54.7 Å². The zero-order valence-electron chi connectivity index (χ0n) is 20.2. The number of pyridine rings is 1. The van der Waals surface area contributed by atoms with E-state index in [1.807, 2.05) is 34.1 Å². The minimum Gasteiger partial charge on any atom is -0.367 e. The van der Waals surface area contributed by atoms with E-state index in [9.17, 15) is 9.59 Å². The number of carbonyl (C=O) groups is 2. The van der Waals surface area contributed by atoms with Crippen molar-refractivity contribution < 1.29 is 14.3 Å². The van der Waals surface area contributed by atoms with Crippen molar-refractivity contribution in [2.75, 3.05) is 13.1 Å². The smallest absolute Gasteiger partial charge is 0.272 e. The van der Waals surface area contributed by atoms with E-state index in [2.05, 4.69) is 44.8 Å². The number of benzene rings is 1. The molecule has 2 aliphatic rings. The first-order chi connectivity index (χ1) is 15.7. The number of piperidine rings is 1. The van der Waals surface area contributed by atoms with Gasteiger partial charge in [-0.2, -0.15) is 0 Å². The van der Waals surface area contributed by atoms with Gasteiger partial charge in [0.25, 0.3) is 5.91 Å². The molecular weight excluding hydrogens is 414 g/mol. The molecule has 0 unspecified atom stereocenters. The molecule has 1 atom stereocenters. The maximum atomic E-state index is 13.9. The average Bonchev–Trinajstić information content (AvgIpc) is 3.04. The second-order valence-corrected chi connectivity index (χ2v) is 10.4. The lowest BCUT2D eigenvalue weighted by Gasteiger charge is -2.40. The number of carbonyl (C=O) groups excluding carboxylic acids is 2. The Kier molecular flexibility index (Phi) is 6.57. The van der Waals surface area contributed by atoms with E-state index in [1.54, 1.807) is 18.3 Å². The van der Waals surface area contributed by atoms with Crippen LogP contribution in [0.3, 0.4) is 0 Å². The van der Waals surface area contributed by atoms with Crippen LogP contribution in [0.4, 0.5) is 0 Å². The summed E-state index contributed by atoms with van der Waals surface area (Å²) >= 11 is 0. The first-order valence-electron chi connectivity index (χ1n) is 11.9. The lowest BCUT2D eigenvalue weighted by Crippen LogP contribution is -2.52. The Morgan fingerprint density at radius 2 is 1.70 bits per heavy atom. The molecule has 176 valence electrons. The molecular formula is C27H35N3O3. The lowest BCUT2D eigenvalue weighted by molar-refractivity contribution is -0.145. The Bertz CT molecular complexity index is 967. The van der Waals surface area contributed by atoms with Crippen LogP contribution in [0.2, 0.25) is 0 Å². The highest BCUT2D eigenvalue weighted by Gasteiger charge is 2.50. The first kappa shape index (κ1) is 23.4. The van der Waals surface area contributed by atoms with E-state index in [0.29, 0.717) is 38.2 Å². The Morgan fingerprint density at radius 1 is 1.03 bits per heavy atom. The van der Waals surface area contributed by atoms with Crippen LogP contribution < -0.4 is 0 Å². The molecule has 1 aromatic carbocycles. The third-order valence-electron chi connectivity index (χ3n) is 6.90. The van der Waals surface area contributed by atoms with E-state index in [4.69, 9.17) is 4.74 Å². The fourth-order valence-electron chi connectivity index (χ4n) is 5.36. The number of aromatic nitrogens is 1. The van der Waals surface area contributed by atoms with Crippen LogP contribution >= 0.6 is 0 Å². The summed E-state index contributed by atoms with van der Waals surface area (Å²) in [6.07, 6.45) is 3.77. The molecule has 33 heavy (non-hydrogen) atoms. The van der Waals surface area contributed by atoms with Crippen molar-refractivity contribution in [3.63, 3.8) is 0 Å². The van der Waals surface area contributed by atoms with Gasteiger partial charge in [-0.3, -0.25) is 14.6 Å². The van der Waals surface area contributed by atoms with Crippen molar-refractivity contribution in [3.8, 4) is 0 Å². The topological polar surface area (TPSA) is 62.7 Å². The summed E-state index contributed by atoms with van der Waals surface area (Å²) in [7, 11) is 0. The van der Waals surface area contributed by atoms with Gasteiger partial charge >= 0.3 is 0 Å². The van der Waals surface area contributed by atoms with E-state index in [1.165, 1.54) is 0 Å². The zero-order chi connectivity index (χ0) is 23.6. The monoisotopic (exact) mass is 449 g/mol. The van der Waals surface area contributed by atoms with Gasteiger partial charge in [0, 0.05) is 31.7 Å². The molecule has 0 saturated carbocycles. The predicted octanol–water partition coefficient (Wildman–Crippen LogP) is 4.31. The predicted molar refractivity (Wildman–Crippen MR) is 128 cm³/mol. The minimum atomic E-state index is -0.427. The van der Waals surface area contributed by atoms with E-state index in [0.717, 1.165) is 12.0 Å². The van der Waals surface area contributed by atoms with Gasteiger partial charge in [-0.15, -0.1) is 0 Å². The van der Waals surface area contributed by atoms with Crippen molar-refractivity contribution in [2.45, 2.75) is 70.7 Å². The molecule has 6 nitrogen and oxygen atoms in total. The summed E-state index contributed by atoms with van der Waals surface area (Å²) in [5.41, 5.74) is 0.875. The van der Waals surface area contributed by atoms with Gasteiger partial charge in [-0.25, -0.2) is 0 Å². The molecule has 0 spiro atoms. The maximum Gasteiger partial charge on any atom is 0.272 e. The Balaban J connectivity index is 1.49. The molecule has 2 aromatic rings. The molecule has 0 aliphatic carbocycles. The summed E-state index contributed by atoms with van der Waals surface area (Å²) in [4.78, 5) is 34.7. The standard InChI is InChI=1S/C27H35N3O3/c1-26(2)18-23(27(3,4)33-26)30(19-20-10-6-5-7-11-20)24(31)21-13-16-29(17-14-21)25(32)22-12-8-9-15-28-22/h5-12,15,21,23H,13-14,16-19H2,1-4H3/t23-/m0/s1. The number of ether oxygens (including phenoxy) is 1. The molecule has 2 fully saturated rings. The van der Waals surface area contributed by atoms with Gasteiger partial charge in [0.2, 0.25) is 5.91 Å². The SMILES string of the molecule is CC1(C)C[C@H](N(Cc2ccccc2)C(=O)C2CCN(C(=O)c3ccccn3)CC2)C(C)(C)O1. The van der Waals surface area contributed by atoms with Crippen molar-refractivity contribution >= 4 is 11.8 Å². The average molecular weight is 450 g/mol. The summed E-state index contributed by atoms with van der Waals surface area (Å²) in [5, 5.41) is 0. The number of rotatable bonds is 5. The van der Waals surface area contributed by atoms with Crippen LogP contribution in [-0.4, -0.2) is 56.9 Å². The summed E-state index contributed by atoms with van der Waals surface area (Å²) in [5.74, 6) is 0.0129. The molecule has 0 N–H and O–H groups in total. The number of nitrogens with zero attached hydrogens (tertiary/aromatic N) is 3. The van der Waals surface area contributed by atoms with E-state index in [-0.39, 0.29) is 29.4 Å². The number of hydrogen-bond donors (Lipinski definition) is 0. The highest BCUT2D eigenvalue weighted by atomic mass is 16.5. The quantitative estimate of drug-likeness (QED) is 0.682. The Hall–Kier alpha value is -2.73. The Morgan fingerprint density at radius 3 is 2.27 bits per heavy atom. The highest BCUT2D eigenvalue weighted by molar-refractivity contribution is 5.92. The van der Waals surface area contributed by atoms with Crippen molar-refractivity contribution in [3.05, 3.63) is 66.0 Å². The third kappa shape index (κ3) is 5.27. The van der Waals surface area contributed by atoms with E-state index >= 15 is 0 Å². The molecule has 2 amide bonds. The molecule has 6 heteroatoms. The van der Waals surface area contributed by atoms with E-state index < -0.39 is 5.60 Å². The molecule has 4 rings (SSSR count). The molecule has 0 radical (unpaired) electrons. The number of amides is 2. The summed E-state index contributed by atoms with van der Waals surface area (Å²) < 4.78 is 6.35.